The molecule has 0 atom stereocenters. The molecule has 3 heteroatoms. The van der Waals surface area contributed by atoms with Crippen molar-refractivity contribution in [2.45, 2.75) is 26.8 Å². The molecule has 0 heterocycles. The quantitative estimate of drug-likeness (QED) is 0.580. The predicted molar refractivity (Wildman–Crippen MR) is 68.7 cm³/mol. The molecule has 0 aliphatic carbocycles. The first-order valence-electron chi connectivity index (χ1n) is 5.89. The van der Waals surface area contributed by atoms with Gasteiger partial charge in [0, 0.05) is 6.54 Å². The van der Waals surface area contributed by atoms with E-state index in [-0.39, 0.29) is 11.6 Å². The number of hydrogen-bond acceptors (Lipinski definition) is 2. The topological polar surface area (TPSA) is 21.3 Å². The Morgan fingerprint density at radius 1 is 1.47 bits per heavy atom. The first-order valence-corrected chi connectivity index (χ1v) is 5.89. The molecule has 17 heavy (non-hydrogen) atoms. The first kappa shape index (κ1) is 13.7. The Labute approximate surface area is 102 Å². The summed E-state index contributed by atoms with van der Waals surface area (Å²) in [5, 5.41) is 3.23. The van der Waals surface area contributed by atoms with Gasteiger partial charge in [-0.15, -0.1) is 0 Å². The van der Waals surface area contributed by atoms with Crippen molar-refractivity contribution in [1.82, 2.24) is 5.32 Å². The summed E-state index contributed by atoms with van der Waals surface area (Å²) in [5.74, 6) is -0.0331. The molecule has 0 radical (unpaired) electrons. The van der Waals surface area contributed by atoms with E-state index in [1.807, 2.05) is 13.0 Å². The van der Waals surface area contributed by atoms with Gasteiger partial charge in [0.25, 0.3) is 0 Å². The van der Waals surface area contributed by atoms with Crippen molar-refractivity contribution in [3.05, 3.63) is 41.7 Å². The minimum Gasteiger partial charge on any atom is -0.486 e. The van der Waals surface area contributed by atoms with E-state index in [0.29, 0.717) is 13.2 Å². The number of halogens is 1. The van der Waals surface area contributed by atoms with Crippen LogP contribution in [0, 0.1) is 5.82 Å². The van der Waals surface area contributed by atoms with Crippen LogP contribution < -0.4 is 10.1 Å². The second-order valence-electron chi connectivity index (χ2n) is 4.19. The smallest absolute Gasteiger partial charge is 0.165 e. The zero-order valence-corrected chi connectivity index (χ0v) is 10.6. The standard InChI is InChI=1S/C14H20FNO/c1-4-7-16-9-12-5-6-14(13(15)8-12)17-10-11(2)3/h5-6,8,16H,2,4,7,9-10H2,1,3H3. The third kappa shape index (κ3) is 5.00. The van der Waals surface area contributed by atoms with E-state index in [1.54, 1.807) is 6.07 Å². The molecule has 1 aromatic carbocycles. The third-order valence-corrected chi connectivity index (χ3v) is 2.23. The second-order valence-corrected chi connectivity index (χ2v) is 4.19. The van der Waals surface area contributed by atoms with Crippen LogP contribution >= 0.6 is 0 Å². The maximum absolute atomic E-state index is 13.6. The Hall–Kier alpha value is -1.35. The fourth-order valence-electron chi connectivity index (χ4n) is 1.38. The average molecular weight is 237 g/mol. The average Bonchev–Trinajstić information content (AvgIpc) is 2.28. The fourth-order valence-corrected chi connectivity index (χ4v) is 1.38. The van der Waals surface area contributed by atoms with Crippen molar-refractivity contribution in [2.24, 2.45) is 0 Å². The third-order valence-electron chi connectivity index (χ3n) is 2.23. The zero-order chi connectivity index (χ0) is 12.7. The van der Waals surface area contributed by atoms with E-state index in [4.69, 9.17) is 4.74 Å². The van der Waals surface area contributed by atoms with Crippen LogP contribution in [-0.2, 0) is 6.54 Å². The lowest BCUT2D eigenvalue weighted by Crippen LogP contribution is -2.13. The molecular weight excluding hydrogens is 217 g/mol. The van der Waals surface area contributed by atoms with Crippen molar-refractivity contribution in [3.63, 3.8) is 0 Å². The largest absolute Gasteiger partial charge is 0.486 e. The van der Waals surface area contributed by atoms with Gasteiger partial charge in [0.1, 0.15) is 6.61 Å². The molecule has 0 bridgehead atoms. The van der Waals surface area contributed by atoms with Gasteiger partial charge in [-0.2, -0.15) is 0 Å². The lowest BCUT2D eigenvalue weighted by molar-refractivity contribution is 0.332. The summed E-state index contributed by atoms with van der Waals surface area (Å²) in [4.78, 5) is 0. The molecule has 0 saturated carbocycles. The molecule has 0 aromatic heterocycles. The SMILES string of the molecule is C=C(C)COc1ccc(CNCCC)cc1F. The minimum atomic E-state index is -0.318. The number of ether oxygens (including phenoxy) is 1. The molecule has 94 valence electrons. The van der Waals surface area contributed by atoms with Gasteiger partial charge in [-0.3, -0.25) is 0 Å². The first-order chi connectivity index (χ1) is 8.13. The van der Waals surface area contributed by atoms with Gasteiger partial charge in [-0.25, -0.2) is 4.39 Å². The summed E-state index contributed by atoms with van der Waals surface area (Å²) in [6, 6.07) is 5.05. The summed E-state index contributed by atoms with van der Waals surface area (Å²) in [6.07, 6.45) is 1.07. The van der Waals surface area contributed by atoms with Crippen LogP contribution in [0.2, 0.25) is 0 Å². The molecule has 1 aromatic rings. The fraction of sp³-hybridized carbons (Fsp3) is 0.429. The van der Waals surface area contributed by atoms with Gasteiger partial charge >= 0.3 is 0 Å². The minimum absolute atomic E-state index is 0.284. The van der Waals surface area contributed by atoms with Crippen LogP contribution in [0.25, 0.3) is 0 Å². The van der Waals surface area contributed by atoms with Crippen LogP contribution in [0.15, 0.2) is 30.4 Å². The predicted octanol–water partition coefficient (Wildman–Crippen LogP) is 3.28. The van der Waals surface area contributed by atoms with Crippen LogP contribution in [-0.4, -0.2) is 13.2 Å². The van der Waals surface area contributed by atoms with Crippen LogP contribution in [0.3, 0.4) is 0 Å². The highest BCUT2D eigenvalue weighted by atomic mass is 19.1. The molecule has 0 aliphatic heterocycles. The molecule has 0 fully saturated rings. The Morgan fingerprint density at radius 2 is 2.24 bits per heavy atom. The normalized spacial score (nSPS) is 10.3. The summed E-state index contributed by atoms with van der Waals surface area (Å²) in [5.41, 5.74) is 1.80. The summed E-state index contributed by atoms with van der Waals surface area (Å²) in [7, 11) is 0. The molecule has 0 aliphatic rings. The summed E-state index contributed by atoms with van der Waals surface area (Å²) in [6.45, 7) is 9.63. The summed E-state index contributed by atoms with van der Waals surface area (Å²) < 4.78 is 18.9. The number of nitrogens with one attached hydrogen (secondary N) is 1. The number of rotatable bonds is 7. The van der Waals surface area contributed by atoms with Crippen molar-refractivity contribution in [3.8, 4) is 5.75 Å². The molecule has 0 saturated heterocycles. The maximum atomic E-state index is 13.6. The molecule has 0 unspecified atom stereocenters. The van der Waals surface area contributed by atoms with Gasteiger partial charge in [0.15, 0.2) is 11.6 Å². The van der Waals surface area contributed by atoms with E-state index in [9.17, 15) is 4.39 Å². The van der Waals surface area contributed by atoms with Crippen LogP contribution in [0.5, 0.6) is 5.75 Å². The highest BCUT2D eigenvalue weighted by Crippen LogP contribution is 2.18. The van der Waals surface area contributed by atoms with E-state index in [1.165, 1.54) is 6.07 Å². The van der Waals surface area contributed by atoms with Crippen molar-refractivity contribution >= 4 is 0 Å². The Kier molecular flexibility index (Phi) is 5.70. The van der Waals surface area contributed by atoms with Crippen LogP contribution in [0.4, 0.5) is 4.39 Å². The van der Waals surface area contributed by atoms with Gasteiger partial charge in [-0.05, 0) is 43.2 Å². The Balaban J connectivity index is 2.56. The van der Waals surface area contributed by atoms with Crippen molar-refractivity contribution in [1.29, 1.82) is 0 Å². The highest BCUT2D eigenvalue weighted by molar-refractivity contribution is 5.29. The highest BCUT2D eigenvalue weighted by Gasteiger charge is 2.04. The lowest BCUT2D eigenvalue weighted by atomic mass is 10.2. The monoisotopic (exact) mass is 237 g/mol. The van der Waals surface area contributed by atoms with Crippen molar-refractivity contribution in [2.75, 3.05) is 13.2 Å². The Bertz CT molecular complexity index is 376. The second kappa shape index (κ2) is 7.07. The molecular formula is C14H20FNO. The van der Waals surface area contributed by atoms with Gasteiger partial charge in [-0.1, -0.05) is 19.6 Å². The maximum Gasteiger partial charge on any atom is 0.165 e. The van der Waals surface area contributed by atoms with Gasteiger partial charge in [0.2, 0.25) is 0 Å². The summed E-state index contributed by atoms with van der Waals surface area (Å²) >= 11 is 0. The molecule has 1 N–H and O–H groups in total. The molecule has 0 spiro atoms. The van der Waals surface area contributed by atoms with E-state index >= 15 is 0 Å². The molecule has 0 amide bonds. The molecule has 1 rings (SSSR count). The number of benzene rings is 1. The lowest BCUT2D eigenvalue weighted by Gasteiger charge is -2.09. The molecule has 2 nitrogen and oxygen atoms in total. The number of hydrogen-bond donors (Lipinski definition) is 1. The Morgan fingerprint density at radius 3 is 2.82 bits per heavy atom. The van der Waals surface area contributed by atoms with Crippen LogP contribution in [0.1, 0.15) is 25.8 Å². The van der Waals surface area contributed by atoms with Crippen molar-refractivity contribution < 1.29 is 9.13 Å². The van der Waals surface area contributed by atoms with E-state index in [0.717, 1.165) is 24.1 Å². The van der Waals surface area contributed by atoms with E-state index in [2.05, 4.69) is 18.8 Å². The van der Waals surface area contributed by atoms with Gasteiger partial charge in [0.05, 0.1) is 0 Å². The van der Waals surface area contributed by atoms with E-state index < -0.39 is 0 Å². The zero-order valence-electron chi connectivity index (χ0n) is 10.6. The van der Waals surface area contributed by atoms with Gasteiger partial charge < -0.3 is 10.1 Å².